The Balaban J connectivity index is 2.94. The van der Waals surface area contributed by atoms with Crippen molar-refractivity contribution in [1.82, 2.24) is 5.32 Å². The third-order valence-electron chi connectivity index (χ3n) is 1.93. The highest BCUT2D eigenvalue weighted by molar-refractivity contribution is 5.32. The van der Waals surface area contributed by atoms with Crippen LogP contribution in [-0.2, 0) is 0 Å². The zero-order chi connectivity index (χ0) is 11.4. The van der Waals surface area contributed by atoms with Gasteiger partial charge in [0.15, 0.2) is 11.6 Å². The van der Waals surface area contributed by atoms with E-state index in [0.717, 1.165) is 0 Å². The summed E-state index contributed by atoms with van der Waals surface area (Å²) in [6.07, 6.45) is 0. The molecule has 0 radical (unpaired) electrons. The Kier molecular flexibility index (Phi) is 3.64. The molecular weight excluding hydrogens is 195 g/mol. The van der Waals surface area contributed by atoms with Crippen molar-refractivity contribution in [2.24, 2.45) is 0 Å². The summed E-state index contributed by atoms with van der Waals surface area (Å²) >= 11 is 0. The van der Waals surface area contributed by atoms with Crippen molar-refractivity contribution in [1.29, 1.82) is 5.26 Å². The first kappa shape index (κ1) is 11.5. The van der Waals surface area contributed by atoms with Crippen molar-refractivity contribution in [3.63, 3.8) is 0 Å². The number of benzene rings is 1. The molecule has 0 aliphatic carbocycles. The van der Waals surface area contributed by atoms with Crippen LogP contribution in [0.15, 0.2) is 18.2 Å². The summed E-state index contributed by atoms with van der Waals surface area (Å²) < 4.78 is 13.0. The summed E-state index contributed by atoms with van der Waals surface area (Å²) in [5.74, 6) is -1.11. The van der Waals surface area contributed by atoms with E-state index in [2.05, 4.69) is 5.32 Å². The van der Waals surface area contributed by atoms with Crippen LogP contribution in [0.25, 0.3) is 0 Å². The maximum absolute atomic E-state index is 13.0. The molecule has 1 aromatic rings. The quantitative estimate of drug-likeness (QED) is 0.799. The molecule has 0 fully saturated rings. The molecular formula is C11H13FN2O. The predicted molar refractivity (Wildman–Crippen MR) is 54.7 cm³/mol. The number of nitrogens with one attached hydrogen (secondary N) is 1. The number of hydrogen-bond acceptors (Lipinski definition) is 3. The maximum Gasteiger partial charge on any atom is 0.165 e. The van der Waals surface area contributed by atoms with Crippen LogP contribution < -0.4 is 5.32 Å². The molecule has 1 aromatic carbocycles. The van der Waals surface area contributed by atoms with E-state index >= 15 is 0 Å². The maximum atomic E-state index is 13.0. The second-order valence-electron chi connectivity index (χ2n) is 3.59. The molecule has 0 spiro atoms. The fourth-order valence-electron chi connectivity index (χ4n) is 1.24. The second kappa shape index (κ2) is 4.76. The highest BCUT2D eigenvalue weighted by Gasteiger charge is 2.13. The molecule has 0 amide bonds. The smallest absolute Gasteiger partial charge is 0.165 e. The Bertz CT molecular complexity index is 385. The van der Waals surface area contributed by atoms with Crippen LogP contribution in [0.1, 0.15) is 25.5 Å². The largest absolute Gasteiger partial charge is 0.505 e. The Labute approximate surface area is 88.2 Å². The SMILES string of the molecule is CC(C)NC(C#N)c1ccc(O)c(F)c1. The van der Waals surface area contributed by atoms with E-state index in [1.807, 2.05) is 19.9 Å². The normalized spacial score (nSPS) is 12.5. The number of phenols is 1. The average molecular weight is 208 g/mol. The van der Waals surface area contributed by atoms with Crippen LogP contribution >= 0.6 is 0 Å². The van der Waals surface area contributed by atoms with Crippen molar-refractivity contribution in [2.75, 3.05) is 0 Å². The van der Waals surface area contributed by atoms with Gasteiger partial charge in [-0.1, -0.05) is 6.07 Å². The Morgan fingerprint density at radius 3 is 2.60 bits per heavy atom. The van der Waals surface area contributed by atoms with E-state index in [1.165, 1.54) is 18.2 Å². The number of halogens is 1. The van der Waals surface area contributed by atoms with Gasteiger partial charge in [-0.05, 0) is 31.5 Å². The number of aromatic hydroxyl groups is 1. The van der Waals surface area contributed by atoms with Crippen LogP contribution in [0.5, 0.6) is 5.75 Å². The summed E-state index contributed by atoms with van der Waals surface area (Å²) in [5, 5.41) is 20.9. The third-order valence-corrected chi connectivity index (χ3v) is 1.93. The van der Waals surface area contributed by atoms with Gasteiger partial charge in [-0.3, -0.25) is 5.32 Å². The van der Waals surface area contributed by atoms with Crippen LogP contribution in [0.4, 0.5) is 4.39 Å². The van der Waals surface area contributed by atoms with Crippen molar-refractivity contribution in [3.05, 3.63) is 29.6 Å². The van der Waals surface area contributed by atoms with Crippen molar-refractivity contribution in [2.45, 2.75) is 25.9 Å². The minimum atomic E-state index is -0.710. The van der Waals surface area contributed by atoms with Crippen LogP contribution in [0, 0.1) is 17.1 Å². The first-order valence-corrected chi connectivity index (χ1v) is 4.68. The molecule has 3 nitrogen and oxygen atoms in total. The fourth-order valence-corrected chi connectivity index (χ4v) is 1.24. The van der Waals surface area contributed by atoms with Crippen molar-refractivity contribution < 1.29 is 9.50 Å². The Morgan fingerprint density at radius 1 is 1.47 bits per heavy atom. The number of nitriles is 1. The Hall–Kier alpha value is -1.60. The van der Waals surface area contributed by atoms with E-state index in [0.29, 0.717) is 5.56 Å². The first-order chi connectivity index (χ1) is 7.04. The molecule has 1 unspecified atom stereocenters. The van der Waals surface area contributed by atoms with Crippen molar-refractivity contribution in [3.8, 4) is 11.8 Å². The van der Waals surface area contributed by atoms with E-state index in [1.54, 1.807) is 0 Å². The predicted octanol–water partition coefficient (Wildman–Crippen LogP) is 2.09. The van der Waals surface area contributed by atoms with Gasteiger partial charge in [0.25, 0.3) is 0 Å². The van der Waals surface area contributed by atoms with Crippen molar-refractivity contribution >= 4 is 0 Å². The van der Waals surface area contributed by atoms with Gasteiger partial charge in [-0.2, -0.15) is 5.26 Å². The minimum Gasteiger partial charge on any atom is -0.505 e. The molecule has 0 bridgehead atoms. The zero-order valence-corrected chi connectivity index (χ0v) is 8.66. The first-order valence-electron chi connectivity index (χ1n) is 4.68. The third kappa shape index (κ3) is 2.93. The standard InChI is InChI=1S/C11H13FN2O/c1-7(2)14-10(6-13)8-3-4-11(15)9(12)5-8/h3-5,7,10,14-15H,1-2H3. The number of phenolic OH excluding ortho intramolecular Hbond substituents is 1. The van der Waals surface area contributed by atoms with Gasteiger partial charge >= 0.3 is 0 Å². The molecule has 0 saturated carbocycles. The highest BCUT2D eigenvalue weighted by Crippen LogP contribution is 2.20. The lowest BCUT2D eigenvalue weighted by atomic mass is 10.1. The lowest BCUT2D eigenvalue weighted by Crippen LogP contribution is -2.27. The minimum absolute atomic E-state index is 0.131. The lowest BCUT2D eigenvalue weighted by molar-refractivity contribution is 0.430. The topological polar surface area (TPSA) is 56.0 Å². The summed E-state index contributed by atoms with van der Waals surface area (Å²) in [7, 11) is 0. The van der Waals surface area contributed by atoms with Gasteiger partial charge in [0, 0.05) is 6.04 Å². The second-order valence-corrected chi connectivity index (χ2v) is 3.59. The molecule has 15 heavy (non-hydrogen) atoms. The highest BCUT2D eigenvalue weighted by atomic mass is 19.1. The number of nitrogens with zero attached hydrogens (tertiary/aromatic N) is 1. The van der Waals surface area contributed by atoms with Crippen LogP contribution in [0.2, 0.25) is 0 Å². The van der Waals surface area contributed by atoms with Gasteiger partial charge in [0.05, 0.1) is 6.07 Å². The van der Waals surface area contributed by atoms with Gasteiger partial charge in [0.2, 0.25) is 0 Å². The molecule has 80 valence electrons. The molecule has 1 rings (SSSR count). The lowest BCUT2D eigenvalue weighted by Gasteiger charge is -2.14. The van der Waals surface area contributed by atoms with E-state index in [4.69, 9.17) is 10.4 Å². The molecule has 0 heterocycles. The van der Waals surface area contributed by atoms with Gasteiger partial charge in [-0.15, -0.1) is 0 Å². The summed E-state index contributed by atoms with van der Waals surface area (Å²) in [6.45, 7) is 3.81. The van der Waals surface area contributed by atoms with Crippen LogP contribution in [-0.4, -0.2) is 11.1 Å². The van der Waals surface area contributed by atoms with E-state index in [-0.39, 0.29) is 6.04 Å². The van der Waals surface area contributed by atoms with Gasteiger partial charge < -0.3 is 5.11 Å². The fraction of sp³-hybridized carbons (Fsp3) is 0.364. The molecule has 0 aliphatic heterocycles. The van der Waals surface area contributed by atoms with Gasteiger partial charge in [0.1, 0.15) is 6.04 Å². The number of rotatable bonds is 3. The molecule has 2 N–H and O–H groups in total. The van der Waals surface area contributed by atoms with E-state index in [9.17, 15) is 4.39 Å². The summed E-state index contributed by atoms with van der Waals surface area (Å²) in [5.41, 5.74) is 0.515. The molecule has 4 heteroatoms. The zero-order valence-electron chi connectivity index (χ0n) is 8.66. The number of hydrogen-bond donors (Lipinski definition) is 2. The summed E-state index contributed by atoms with van der Waals surface area (Å²) in [4.78, 5) is 0. The molecule has 1 atom stereocenters. The average Bonchev–Trinajstić information content (AvgIpc) is 2.18. The van der Waals surface area contributed by atoms with Gasteiger partial charge in [-0.25, -0.2) is 4.39 Å². The summed E-state index contributed by atoms with van der Waals surface area (Å²) in [6, 6.07) is 5.55. The Morgan fingerprint density at radius 2 is 2.13 bits per heavy atom. The van der Waals surface area contributed by atoms with Crippen LogP contribution in [0.3, 0.4) is 0 Å². The molecule has 0 aromatic heterocycles. The monoisotopic (exact) mass is 208 g/mol. The molecule has 0 aliphatic rings. The molecule has 0 saturated heterocycles. The van der Waals surface area contributed by atoms with E-state index < -0.39 is 17.6 Å².